The third-order valence-electron chi connectivity index (χ3n) is 2.77. The van der Waals surface area contributed by atoms with Crippen LogP contribution in [0.15, 0.2) is 4.99 Å². The van der Waals surface area contributed by atoms with Crippen molar-refractivity contribution >= 4 is 17.8 Å². The minimum Gasteiger partial charge on any atom is -0.480 e. The number of carbonyl (C=O) groups excluding carboxylic acids is 1. The molecule has 8 N–H and O–H groups in total. The number of aliphatic carboxylic acids is 1. The first-order valence-corrected chi connectivity index (χ1v) is 6.72. The molecule has 8 nitrogen and oxygen atoms in total. The quantitative estimate of drug-likeness (QED) is 0.199. The van der Waals surface area contributed by atoms with Gasteiger partial charge in [-0.25, -0.2) is 4.79 Å². The van der Waals surface area contributed by atoms with Crippen LogP contribution in [0.3, 0.4) is 0 Å². The van der Waals surface area contributed by atoms with E-state index in [-0.39, 0.29) is 5.96 Å². The number of carbonyl (C=O) groups is 2. The SMILES string of the molecule is CCCC[C@H](NC(=O)[C@@H](N)CCCN=C(N)N)C(=O)O. The number of nitrogens with two attached hydrogens (primary N) is 3. The van der Waals surface area contributed by atoms with E-state index in [1.54, 1.807) is 0 Å². The number of carboxylic acid groups (broad SMARTS) is 1. The van der Waals surface area contributed by atoms with Crippen molar-refractivity contribution in [3.63, 3.8) is 0 Å². The van der Waals surface area contributed by atoms with E-state index in [4.69, 9.17) is 22.3 Å². The molecule has 0 aromatic rings. The molecule has 0 aliphatic rings. The first-order valence-electron chi connectivity index (χ1n) is 6.72. The second kappa shape index (κ2) is 10.0. The third-order valence-corrected chi connectivity index (χ3v) is 2.77. The van der Waals surface area contributed by atoms with Gasteiger partial charge in [-0.2, -0.15) is 0 Å². The highest BCUT2D eigenvalue weighted by atomic mass is 16.4. The number of guanidine groups is 1. The maximum absolute atomic E-state index is 11.8. The van der Waals surface area contributed by atoms with Crippen molar-refractivity contribution in [3.8, 4) is 0 Å². The maximum Gasteiger partial charge on any atom is 0.326 e. The van der Waals surface area contributed by atoms with Crippen molar-refractivity contribution < 1.29 is 14.7 Å². The number of unbranched alkanes of at least 4 members (excludes halogenated alkanes) is 1. The van der Waals surface area contributed by atoms with Crippen LogP contribution in [0.1, 0.15) is 39.0 Å². The molecular formula is C12H25N5O3. The number of nitrogens with zero attached hydrogens (tertiary/aromatic N) is 1. The molecule has 0 aliphatic heterocycles. The van der Waals surface area contributed by atoms with E-state index in [2.05, 4.69) is 10.3 Å². The van der Waals surface area contributed by atoms with Crippen LogP contribution in [0.25, 0.3) is 0 Å². The molecular weight excluding hydrogens is 262 g/mol. The molecule has 0 rings (SSSR count). The minimum atomic E-state index is -1.04. The van der Waals surface area contributed by atoms with Crippen molar-refractivity contribution in [1.29, 1.82) is 0 Å². The summed E-state index contributed by atoms with van der Waals surface area (Å²) in [5.41, 5.74) is 16.0. The summed E-state index contributed by atoms with van der Waals surface area (Å²) in [6, 6.07) is -1.64. The average molecular weight is 287 g/mol. The fourth-order valence-electron chi connectivity index (χ4n) is 1.59. The van der Waals surface area contributed by atoms with Crippen molar-refractivity contribution in [2.45, 2.75) is 51.1 Å². The Bertz CT molecular complexity index is 342. The molecule has 20 heavy (non-hydrogen) atoms. The second-order valence-corrected chi connectivity index (χ2v) is 4.60. The normalized spacial score (nSPS) is 13.3. The van der Waals surface area contributed by atoms with E-state index in [1.165, 1.54) is 0 Å². The molecule has 116 valence electrons. The topological polar surface area (TPSA) is 157 Å². The minimum absolute atomic E-state index is 0.00599. The van der Waals surface area contributed by atoms with Crippen molar-refractivity contribution in [3.05, 3.63) is 0 Å². The highest BCUT2D eigenvalue weighted by molar-refractivity contribution is 5.86. The number of nitrogens with one attached hydrogen (secondary N) is 1. The Balaban J connectivity index is 4.14. The molecule has 0 unspecified atom stereocenters. The molecule has 0 aromatic carbocycles. The first kappa shape index (κ1) is 18.2. The Morgan fingerprint density at radius 2 is 1.90 bits per heavy atom. The van der Waals surface area contributed by atoms with E-state index in [9.17, 15) is 9.59 Å². The van der Waals surface area contributed by atoms with E-state index in [0.29, 0.717) is 25.8 Å². The molecule has 0 bridgehead atoms. The van der Waals surface area contributed by atoms with E-state index >= 15 is 0 Å². The highest BCUT2D eigenvalue weighted by Gasteiger charge is 2.22. The Morgan fingerprint density at radius 1 is 1.25 bits per heavy atom. The molecule has 0 saturated carbocycles. The van der Waals surface area contributed by atoms with Gasteiger partial charge in [-0.1, -0.05) is 19.8 Å². The number of amides is 1. The maximum atomic E-state index is 11.8. The van der Waals surface area contributed by atoms with Crippen LogP contribution in [0, 0.1) is 0 Å². The van der Waals surface area contributed by atoms with Crippen LogP contribution < -0.4 is 22.5 Å². The lowest BCUT2D eigenvalue weighted by Gasteiger charge is -2.17. The zero-order valence-electron chi connectivity index (χ0n) is 11.8. The monoisotopic (exact) mass is 287 g/mol. The summed E-state index contributed by atoms with van der Waals surface area (Å²) < 4.78 is 0. The van der Waals surface area contributed by atoms with Gasteiger partial charge in [0.15, 0.2) is 5.96 Å². The lowest BCUT2D eigenvalue weighted by Crippen LogP contribution is -2.48. The van der Waals surface area contributed by atoms with Gasteiger partial charge in [-0.15, -0.1) is 0 Å². The number of aliphatic imine (C=N–C) groups is 1. The smallest absolute Gasteiger partial charge is 0.326 e. The largest absolute Gasteiger partial charge is 0.480 e. The Hall–Kier alpha value is -1.83. The Labute approximate surface area is 118 Å². The van der Waals surface area contributed by atoms with Gasteiger partial charge in [0.2, 0.25) is 5.91 Å². The average Bonchev–Trinajstić information content (AvgIpc) is 2.38. The Kier molecular flexibility index (Phi) is 9.10. The number of hydrogen-bond acceptors (Lipinski definition) is 4. The number of carboxylic acids is 1. The van der Waals surface area contributed by atoms with Crippen molar-refractivity contribution in [1.82, 2.24) is 5.32 Å². The van der Waals surface area contributed by atoms with Crippen molar-refractivity contribution in [2.75, 3.05) is 6.54 Å². The predicted molar refractivity (Wildman–Crippen MR) is 77.0 cm³/mol. The van der Waals surface area contributed by atoms with Gasteiger partial charge in [0.1, 0.15) is 6.04 Å². The van der Waals surface area contributed by atoms with Crippen molar-refractivity contribution in [2.24, 2.45) is 22.2 Å². The molecule has 0 heterocycles. The highest BCUT2D eigenvalue weighted by Crippen LogP contribution is 2.02. The number of rotatable bonds is 10. The molecule has 0 radical (unpaired) electrons. The van der Waals surface area contributed by atoms with Crippen LogP contribution in [0.2, 0.25) is 0 Å². The van der Waals surface area contributed by atoms with Crippen LogP contribution >= 0.6 is 0 Å². The molecule has 0 saturated heterocycles. The molecule has 0 fully saturated rings. The van der Waals surface area contributed by atoms with Crippen LogP contribution in [0.4, 0.5) is 0 Å². The van der Waals surface area contributed by atoms with Crippen LogP contribution in [0.5, 0.6) is 0 Å². The molecule has 0 aliphatic carbocycles. The van der Waals surface area contributed by atoms with Crippen LogP contribution in [-0.4, -0.2) is 41.6 Å². The summed E-state index contributed by atoms with van der Waals surface area (Å²) in [5.74, 6) is -1.51. The van der Waals surface area contributed by atoms with E-state index in [0.717, 1.165) is 12.8 Å². The van der Waals surface area contributed by atoms with E-state index in [1.807, 2.05) is 6.92 Å². The zero-order chi connectivity index (χ0) is 15.5. The van der Waals surface area contributed by atoms with Gasteiger partial charge >= 0.3 is 5.97 Å². The van der Waals surface area contributed by atoms with Gasteiger partial charge < -0.3 is 27.6 Å². The Morgan fingerprint density at radius 3 is 2.40 bits per heavy atom. The molecule has 2 atom stereocenters. The predicted octanol–water partition coefficient (Wildman–Crippen LogP) is -0.873. The van der Waals surface area contributed by atoms with E-state index < -0.39 is 24.0 Å². The summed E-state index contributed by atoms with van der Waals surface area (Å²) in [4.78, 5) is 26.5. The molecule has 0 aromatic heterocycles. The van der Waals surface area contributed by atoms with Gasteiger partial charge in [0, 0.05) is 6.54 Å². The zero-order valence-corrected chi connectivity index (χ0v) is 11.8. The summed E-state index contributed by atoms with van der Waals surface area (Å²) in [6.45, 7) is 2.34. The third kappa shape index (κ3) is 8.30. The number of hydrogen-bond donors (Lipinski definition) is 5. The standard InChI is InChI=1S/C12H25N5O3/c1-2-3-6-9(11(19)20)17-10(18)8(13)5-4-7-16-12(14)15/h8-9H,2-7,13H2,1H3,(H,17,18)(H,19,20)(H4,14,15,16)/t8-,9-/m0/s1. The molecule has 8 heteroatoms. The fraction of sp³-hybridized carbons (Fsp3) is 0.750. The first-order chi connectivity index (χ1) is 9.38. The summed E-state index contributed by atoms with van der Waals surface area (Å²) >= 11 is 0. The van der Waals surface area contributed by atoms with Gasteiger partial charge in [0.25, 0.3) is 0 Å². The van der Waals surface area contributed by atoms with Gasteiger partial charge in [-0.3, -0.25) is 9.79 Å². The second-order valence-electron chi connectivity index (χ2n) is 4.60. The van der Waals surface area contributed by atoms with Gasteiger partial charge in [-0.05, 0) is 19.3 Å². The summed E-state index contributed by atoms with van der Waals surface area (Å²) in [6.07, 6.45) is 2.95. The fourth-order valence-corrected chi connectivity index (χ4v) is 1.59. The lowest BCUT2D eigenvalue weighted by atomic mass is 10.1. The summed E-state index contributed by atoms with van der Waals surface area (Å²) in [7, 11) is 0. The van der Waals surface area contributed by atoms with Gasteiger partial charge in [0.05, 0.1) is 6.04 Å². The van der Waals surface area contributed by atoms with Crippen LogP contribution in [-0.2, 0) is 9.59 Å². The lowest BCUT2D eigenvalue weighted by molar-refractivity contribution is -0.142. The molecule has 0 spiro atoms. The molecule has 1 amide bonds. The summed E-state index contributed by atoms with van der Waals surface area (Å²) in [5, 5.41) is 11.5.